The summed E-state index contributed by atoms with van der Waals surface area (Å²) in [6.07, 6.45) is -0.427. The van der Waals surface area contributed by atoms with Gasteiger partial charge in [-0.05, 0) is 38.1 Å². The fourth-order valence-corrected chi connectivity index (χ4v) is 1.83. The number of piperidine rings is 1. The molecule has 1 N–H and O–H groups in total. The highest BCUT2D eigenvalue weighted by Gasteiger charge is 2.15. The number of alkyl halides is 2. The van der Waals surface area contributed by atoms with Gasteiger partial charge in [-0.1, -0.05) is 12.1 Å². The van der Waals surface area contributed by atoms with Crippen LogP contribution in [0.3, 0.4) is 0 Å². The van der Waals surface area contributed by atoms with Gasteiger partial charge in [-0.25, -0.2) is 8.78 Å². The molecular formula is C12H15F2NO. The van der Waals surface area contributed by atoms with Crippen LogP contribution in [0.5, 0.6) is 5.75 Å². The van der Waals surface area contributed by atoms with Crippen molar-refractivity contribution in [1.82, 2.24) is 5.32 Å². The van der Waals surface area contributed by atoms with Crippen molar-refractivity contribution in [3.63, 3.8) is 0 Å². The number of ether oxygens (including phenoxy) is 1. The molecule has 1 heterocycles. The van der Waals surface area contributed by atoms with Gasteiger partial charge in [0.25, 0.3) is 6.43 Å². The summed E-state index contributed by atoms with van der Waals surface area (Å²) >= 11 is 0. The van der Waals surface area contributed by atoms with Crippen LogP contribution in [0.25, 0.3) is 0 Å². The zero-order valence-electron chi connectivity index (χ0n) is 8.96. The van der Waals surface area contributed by atoms with E-state index in [9.17, 15) is 8.78 Å². The van der Waals surface area contributed by atoms with Gasteiger partial charge >= 0.3 is 0 Å². The van der Waals surface area contributed by atoms with Crippen LogP contribution in [0.2, 0.25) is 0 Å². The number of halogens is 2. The third-order valence-electron chi connectivity index (χ3n) is 2.70. The summed E-state index contributed by atoms with van der Waals surface area (Å²) in [4.78, 5) is 0. The van der Waals surface area contributed by atoms with Crippen LogP contribution in [0.15, 0.2) is 24.3 Å². The average molecular weight is 227 g/mol. The van der Waals surface area contributed by atoms with Gasteiger partial charge in [-0.3, -0.25) is 0 Å². The molecule has 1 aliphatic heterocycles. The van der Waals surface area contributed by atoms with Gasteiger partial charge in [0.15, 0.2) is 0 Å². The Hall–Kier alpha value is -1.16. The minimum Gasteiger partial charge on any atom is -0.490 e. The van der Waals surface area contributed by atoms with E-state index in [0.717, 1.165) is 25.9 Å². The van der Waals surface area contributed by atoms with E-state index >= 15 is 0 Å². The average Bonchev–Trinajstić information content (AvgIpc) is 2.30. The number of benzene rings is 1. The first-order chi connectivity index (χ1) is 7.75. The Morgan fingerprint density at radius 3 is 2.69 bits per heavy atom. The van der Waals surface area contributed by atoms with E-state index in [4.69, 9.17) is 4.74 Å². The fourth-order valence-electron chi connectivity index (χ4n) is 1.83. The molecular weight excluding hydrogens is 212 g/mol. The SMILES string of the molecule is FC(F)c1cccc(OC2CCNCC2)c1. The summed E-state index contributed by atoms with van der Waals surface area (Å²) < 4.78 is 30.6. The molecule has 1 fully saturated rings. The van der Waals surface area contributed by atoms with Crippen molar-refractivity contribution in [3.8, 4) is 5.75 Å². The molecule has 2 rings (SSSR count). The van der Waals surface area contributed by atoms with Gasteiger partial charge in [0.05, 0.1) is 0 Å². The van der Waals surface area contributed by atoms with Crippen molar-refractivity contribution < 1.29 is 13.5 Å². The number of hydrogen-bond acceptors (Lipinski definition) is 2. The molecule has 0 unspecified atom stereocenters. The lowest BCUT2D eigenvalue weighted by molar-refractivity contribution is 0.146. The molecule has 0 aliphatic carbocycles. The summed E-state index contributed by atoms with van der Waals surface area (Å²) in [6, 6.07) is 6.18. The molecule has 0 atom stereocenters. The Labute approximate surface area is 93.6 Å². The minimum absolute atomic E-state index is 0.0198. The van der Waals surface area contributed by atoms with Crippen LogP contribution in [0, 0.1) is 0 Å². The molecule has 88 valence electrons. The molecule has 1 aromatic carbocycles. The summed E-state index contributed by atoms with van der Waals surface area (Å²) in [6.45, 7) is 1.86. The Kier molecular flexibility index (Phi) is 3.72. The maximum absolute atomic E-state index is 12.5. The molecule has 16 heavy (non-hydrogen) atoms. The Morgan fingerprint density at radius 2 is 2.00 bits per heavy atom. The van der Waals surface area contributed by atoms with Crippen LogP contribution in [0.4, 0.5) is 8.78 Å². The molecule has 0 aromatic heterocycles. The highest BCUT2D eigenvalue weighted by molar-refractivity contribution is 5.29. The van der Waals surface area contributed by atoms with E-state index < -0.39 is 6.43 Å². The van der Waals surface area contributed by atoms with Gasteiger partial charge < -0.3 is 10.1 Å². The van der Waals surface area contributed by atoms with Crippen LogP contribution in [-0.2, 0) is 0 Å². The lowest BCUT2D eigenvalue weighted by Crippen LogP contribution is -2.34. The zero-order chi connectivity index (χ0) is 11.4. The highest BCUT2D eigenvalue weighted by Crippen LogP contribution is 2.24. The molecule has 0 amide bonds. The predicted octanol–water partition coefficient (Wildman–Crippen LogP) is 2.76. The third-order valence-corrected chi connectivity index (χ3v) is 2.70. The number of nitrogens with one attached hydrogen (secondary N) is 1. The van der Waals surface area contributed by atoms with Crippen molar-refractivity contribution in [1.29, 1.82) is 0 Å². The van der Waals surface area contributed by atoms with Crippen LogP contribution in [0.1, 0.15) is 24.8 Å². The Bertz CT molecular complexity index is 338. The lowest BCUT2D eigenvalue weighted by Gasteiger charge is -2.24. The van der Waals surface area contributed by atoms with E-state index in [1.54, 1.807) is 12.1 Å². The molecule has 0 spiro atoms. The first kappa shape index (κ1) is 11.3. The van der Waals surface area contributed by atoms with Gasteiger partial charge in [0.2, 0.25) is 0 Å². The van der Waals surface area contributed by atoms with E-state index in [2.05, 4.69) is 5.32 Å². The van der Waals surface area contributed by atoms with Crippen molar-refractivity contribution in [2.45, 2.75) is 25.4 Å². The second kappa shape index (κ2) is 5.25. The molecule has 0 saturated carbocycles. The fraction of sp³-hybridized carbons (Fsp3) is 0.500. The molecule has 2 nitrogen and oxygen atoms in total. The molecule has 4 heteroatoms. The van der Waals surface area contributed by atoms with Gasteiger partial charge in [0.1, 0.15) is 11.9 Å². The second-order valence-electron chi connectivity index (χ2n) is 3.94. The summed E-state index contributed by atoms with van der Waals surface area (Å²) in [5.74, 6) is 0.546. The molecule has 0 radical (unpaired) electrons. The minimum atomic E-state index is -2.43. The summed E-state index contributed by atoms with van der Waals surface area (Å²) in [5.41, 5.74) is 0.0198. The first-order valence-electron chi connectivity index (χ1n) is 5.51. The Balaban J connectivity index is 2.00. The maximum atomic E-state index is 12.5. The van der Waals surface area contributed by atoms with Crippen molar-refractivity contribution in [3.05, 3.63) is 29.8 Å². The molecule has 0 bridgehead atoms. The van der Waals surface area contributed by atoms with Crippen LogP contribution in [-0.4, -0.2) is 19.2 Å². The highest BCUT2D eigenvalue weighted by atomic mass is 19.3. The smallest absolute Gasteiger partial charge is 0.263 e. The standard InChI is InChI=1S/C12H15F2NO/c13-12(14)9-2-1-3-11(8-9)16-10-4-6-15-7-5-10/h1-3,8,10,12,15H,4-7H2. The summed E-state index contributed by atoms with van der Waals surface area (Å²) in [5, 5.41) is 3.23. The van der Waals surface area contributed by atoms with Crippen molar-refractivity contribution in [2.75, 3.05) is 13.1 Å². The maximum Gasteiger partial charge on any atom is 0.263 e. The quantitative estimate of drug-likeness (QED) is 0.857. The van der Waals surface area contributed by atoms with Crippen LogP contribution >= 0.6 is 0 Å². The topological polar surface area (TPSA) is 21.3 Å². The monoisotopic (exact) mass is 227 g/mol. The van der Waals surface area contributed by atoms with E-state index in [0.29, 0.717) is 5.75 Å². The predicted molar refractivity (Wildman–Crippen MR) is 57.9 cm³/mol. The van der Waals surface area contributed by atoms with Crippen molar-refractivity contribution in [2.24, 2.45) is 0 Å². The van der Waals surface area contributed by atoms with Gasteiger partial charge in [-0.15, -0.1) is 0 Å². The van der Waals surface area contributed by atoms with Crippen molar-refractivity contribution >= 4 is 0 Å². The zero-order valence-corrected chi connectivity index (χ0v) is 8.96. The third kappa shape index (κ3) is 2.92. The second-order valence-corrected chi connectivity index (χ2v) is 3.94. The largest absolute Gasteiger partial charge is 0.490 e. The molecule has 1 aromatic rings. The Morgan fingerprint density at radius 1 is 1.25 bits per heavy atom. The van der Waals surface area contributed by atoms with Gasteiger partial charge in [0, 0.05) is 5.56 Å². The molecule has 1 aliphatic rings. The molecule has 1 saturated heterocycles. The van der Waals surface area contributed by atoms with E-state index in [1.807, 2.05) is 0 Å². The van der Waals surface area contributed by atoms with Gasteiger partial charge in [-0.2, -0.15) is 0 Å². The number of hydrogen-bond donors (Lipinski definition) is 1. The first-order valence-corrected chi connectivity index (χ1v) is 5.51. The lowest BCUT2D eigenvalue weighted by atomic mass is 10.1. The van der Waals surface area contributed by atoms with Crippen LogP contribution < -0.4 is 10.1 Å². The summed E-state index contributed by atoms with van der Waals surface area (Å²) in [7, 11) is 0. The van der Waals surface area contributed by atoms with E-state index in [1.165, 1.54) is 12.1 Å². The van der Waals surface area contributed by atoms with E-state index in [-0.39, 0.29) is 11.7 Å². The normalized spacial score (nSPS) is 17.7. The number of rotatable bonds is 3.